The molecule has 1 N–H and O–H groups in total. The summed E-state index contributed by atoms with van der Waals surface area (Å²) in [6, 6.07) is 0. The summed E-state index contributed by atoms with van der Waals surface area (Å²) in [4.78, 5) is 21.9. The second-order valence-corrected chi connectivity index (χ2v) is 1.86. The fourth-order valence-electron chi connectivity index (χ4n) is 0.141. The van der Waals surface area contributed by atoms with Gasteiger partial charge in [0, 0.05) is 6.42 Å². The van der Waals surface area contributed by atoms with Crippen LogP contribution < -0.4 is 0 Å². The molecule has 6 heteroatoms. The topological polar surface area (TPSA) is 72.8 Å². The van der Waals surface area contributed by atoms with E-state index in [0.29, 0.717) is 0 Å². The molecule has 54 valence electrons. The maximum Gasteiger partial charge on any atom is 0.355 e. The van der Waals surface area contributed by atoms with Crippen LogP contribution in [0.25, 0.3) is 0 Å². The zero-order chi connectivity index (χ0) is 7.28. The van der Waals surface area contributed by atoms with E-state index in [0.717, 1.165) is 0 Å². The molecule has 5 nitrogen and oxygen atoms in total. The average Bonchev–Trinajstić information content (AvgIpc) is 1.83. The van der Waals surface area contributed by atoms with Crippen molar-refractivity contribution in [3.63, 3.8) is 0 Å². The minimum absolute atomic E-state index is 0.120. The first-order valence-corrected chi connectivity index (χ1v) is 3.53. The van der Waals surface area contributed by atoms with E-state index in [4.69, 9.17) is 4.89 Å². The Labute approximate surface area is 52.5 Å². The van der Waals surface area contributed by atoms with E-state index in [1.807, 2.05) is 0 Å². The molecule has 0 fully saturated rings. The SMILES string of the molecule is CCC(=O)OO[PH](=O)O. The zero-order valence-electron chi connectivity index (χ0n) is 4.79. The van der Waals surface area contributed by atoms with Crippen molar-refractivity contribution in [1.82, 2.24) is 0 Å². The van der Waals surface area contributed by atoms with Crippen LogP contribution >= 0.6 is 8.25 Å². The van der Waals surface area contributed by atoms with Gasteiger partial charge in [-0.3, -0.25) is 9.45 Å². The van der Waals surface area contributed by atoms with E-state index in [-0.39, 0.29) is 6.42 Å². The van der Waals surface area contributed by atoms with Crippen LogP contribution in [0.15, 0.2) is 0 Å². The molecule has 0 bridgehead atoms. The molecule has 0 spiro atoms. The van der Waals surface area contributed by atoms with Gasteiger partial charge in [0.1, 0.15) is 0 Å². The first-order valence-electron chi connectivity index (χ1n) is 2.27. The van der Waals surface area contributed by atoms with Gasteiger partial charge in [0.05, 0.1) is 0 Å². The van der Waals surface area contributed by atoms with Crippen molar-refractivity contribution in [2.45, 2.75) is 13.3 Å². The lowest BCUT2D eigenvalue weighted by atomic mass is 10.5. The Morgan fingerprint density at radius 1 is 1.78 bits per heavy atom. The zero-order valence-corrected chi connectivity index (χ0v) is 5.79. The summed E-state index contributed by atoms with van der Waals surface area (Å²) in [6.07, 6.45) is 0.120. The minimum atomic E-state index is -3.13. The normalized spacial score (nSPS) is 12.7. The van der Waals surface area contributed by atoms with Gasteiger partial charge in [-0.25, -0.2) is 4.79 Å². The van der Waals surface area contributed by atoms with Crippen LogP contribution in [0.4, 0.5) is 0 Å². The summed E-state index contributed by atoms with van der Waals surface area (Å²) in [5.74, 6) is -0.664. The van der Waals surface area contributed by atoms with Crippen molar-refractivity contribution in [2.24, 2.45) is 0 Å². The van der Waals surface area contributed by atoms with Crippen LogP contribution in [0.5, 0.6) is 0 Å². The average molecular weight is 154 g/mol. The van der Waals surface area contributed by atoms with Crippen molar-refractivity contribution in [3.05, 3.63) is 0 Å². The minimum Gasteiger partial charge on any atom is -0.324 e. The lowest BCUT2D eigenvalue weighted by molar-refractivity contribution is -0.214. The maximum atomic E-state index is 10.1. The van der Waals surface area contributed by atoms with Crippen molar-refractivity contribution >= 4 is 14.2 Å². The van der Waals surface area contributed by atoms with Gasteiger partial charge in [-0.2, -0.15) is 0 Å². The number of hydrogen-bond acceptors (Lipinski definition) is 4. The summed E-state index contributed by atoms with van der Waals surface area (Å²) < 4.78 is 13.4. The first-order chi connectivity index (χ1) is 4.16. The second kappa shape index (κ2) is 4.49. The molecule has 0 heterocycles. The largest absolute Gasteiger partial charge is 0.355 e. The maximum absolute atomic E-state index is 10.1. The summed E-state index contributed by atoms with van der Waals surface area (Å²) in [7, 11) is -3.13. The summed E-state index contributed by atoms with van der Waals surface area (Å²) in [5.41, 5.74) is 0. The molecule has 0 rings (SSSR count). The van der Waals surface area contributed by atoms with Crippen molar-refractivity contribution in [2.75, 3.05) is 0 Å². The van der Waals surface area contributed by atoms with Crippen LogP contribution in [-0.4, -0.2) is 10.9 Å². The van der Waals surface area contributed by atoms with Gasteiger partial charge in [0.2, 0.25) is 0 Å². The highest BCUT2D eigenvalue weighted by molar-refractivity contribution is 7.31. The quantitative estimate of drug-likeness (QED) is 0.358. The molecule has 9 heavy (non-hydrogen) atoms. The van der Waals surface area contributed by atoms with Crippen LogP contribution in [0, 0.1) is 0 Å². The smallest absolute Gasteiger partial charge is 0.324 e. The molecule has 0 saturated heterocycles. The monoisotopic (exact) mass is 154 g/mol. The van der Waals surface area contributed by atoms with Crippen LogP contribution in [0.3, 0.4) is 0 Å². The standard InChI is InChI=1S/C3H7O5P/c1-2-3(4)7-8-9(5)6/h9H,2H2,1H3,(H,5,6). The summed E-state index contributed by atoms with van der Waals surface area (Å²) in [6.45, 7) is 1.54. The lowest BCUT2D eigenvalue weighted by Gasteiger charge is -1.94. The van der Waals surface area contributed by atoms with E-state index < -0.39 is 14.2 Å². The van der Waals surface area contributed by atoms with E-state index in [1.54, 1.807) is 6.92 Å². The van der Waals surface area contributed by atoms with Gasteiger partial charge in [-0.15, -0.1) is 0 Å². The molecule has 0 aliphatic rings. The van der Waals surface area contributed by atoms with E-state index in [2.05, 4.69) is 9.56 Å². The highest BCUT2D eigenvalue weighted by Crippen LogP contribution is 2.14. The van der Waals surface area contributed by atoms with Crippen molar-refractivity contribution in [3.8, 4) is 0 Å². The van der Waals surface area contributed by atoms with Gasteiger partial charge < -0.3 is 4.89 Å². The summed E-state index contributed by atoms with van der Waals surface area (Å²) in [5, 5.41) is 0. The van der Waals surface area contributed by atoms with E-state index in [9.17, 15) is 9.36 Å². The third kappa shape index (κ3) is 5.49. The fourth-order valence-corrected chi connectivity index (χ4v) is 0.305. The Balaban J connectivity index is 3.28. The van der Waals surface area contributed by atoms with Gasteiger partial charge in [0.15, 0.2) is 0 Å². The van der Waals surface area contributed by atoms with E-state index in [1.165, 1.54) is 0 Å². The van der Waals surface area contributed by atoms with Gasteiger partial charge in [-0.1, -0.05) is 11.6 Å². The molecular formula is C3H7O5P. The number of carbonyl (C=O) groups excluding carboxylic acids is 1. The van der Waals surface area contributed by atoms with Gasteiger partial charge >= 0.3 is 14.2 Å². The van der Waals surface area contributed by atoms with Gasteiger partial charge in [0.25, 0.3) is 0 Å². The lowest BCUT2D eigenvalue weighted by Crippen LogP contribution is -1.98. The molecule has 0 saturated carbocycles. The van der Waals surface area contributed by atoms with Gasteiger partial charge in [-0.05, 0) is 0 Å². The highest BCUT2D eigenvalue weighted by Gasteiger charge is 2.00. The Bertz CT molecular complexity index is 121. The van der Waals surface area contributed by atoms with Crippen LogP contribution in [-0.2, 0) is 18.9 Å². The predicted molar refractivity (Wildman–Crippen MR) is 28.7 cm³/mol. The molecule has 1 atom stereocenters. The number of rotatable bonds is 3. The van der Waals surface area contributed by atoms with Crippen LogP contribution in [0.1, 0.15) is 13.3 Å². The number of hydrogen-bond donors (Lipinski definition) is 1. The van der Waals surface area contributed by atoms with E-state index >= 15 is 0 Å². The van der Waals surface area contributed by atoms with Crippen molar-refractivity contribution < 1.29 is 23.8 Å². The fraction of sp³-hybridized carbons (Fsp3) is 0.667. The van der Waals surface area contributed by atoms with Crippen molar-refractivity contribution in [1.29, 1.82) is 0 Å². The number of carbonyl (C=O) groups is 1. The Morgan fingerprint density at radius 2 is 2.33 bits per heavy atom. The molecule has 0 aliphatic carbocycles. The predicted octanol–water partition coefficient (Wildman–Crippen LogP) is 0.253. The Kier molecular flexibility index (Phi) is 4.30. The first kappa shape index (κ1) is 8.62. The second-order valence-electron chi connectivity index (χ2n) is 1.16. The summed E-state index contributed by atoms with van der Waals surface area (Å²) >= 11 is 0. The molecule has 0 aromatic heterocycles. The Hall–Kier alpha value is -0.380. The molecule has 0 radical (unpaired) electrons. The molecule has 1 unspecified atom stereocenters. The third-order valence-corrected chi connectivity index (χ3v) is 0.720. The van der Waals surface area contributed by atoms with Crippen LogP contribution in [0.2, 0.25) is 0 Å². The molecule has 0 aliphatic heterocycles. The molecule has 0 aromatic carbocycles. The molecule has 0 amide bonds. The molecule has 0 aromatic rings. The highest BCUT2D eigenvalue weighted by atomic mass is 31.1. The third-order valence-electron chi connectivity index (χ3n) is 0.495. The molecular weight excluding hydrogens is 147 g/mol. The Morgan fingerprint density at radius 3 is 2.67 bits per heavy atom.